The van der Waals surface area contributed by atoms with Crippen molar-refractivity contribution < 1.29 is 4.52 Å². The number of nitrogens with one attached hydrogen (secondary N) is 1. The molecule has 1 unspecified atom stereocenters. The molecule has 0 spiro atoms. The molecule has 1 aromatic carbocycles. The zero-order chi connectivity index (χ0) is 11.2. The number of aromatic nitrogens is 1. The fraction of sp³-hybridized carbons (Fsp3) is 0.462. The van der Waals surface area contributed by atoms with Crippen LogP contribution in [0.2, 0.25) is 0 Å². The summed E-state index contributed by atoms with van der Waals surface area (Å²) in [4.78, 5) is 0. The summed E-state index contributed by atoms with van der Waals surface area (Å²) in [5, 5.41) is 8.75. The van der Waals surface area contributed by atoms with Crippen LogP contribution in [0, 0.1) is 6.92 Å². The Balaban J connectivity index is 2.23. The van der Waals surface area contributed by atoms with E-state index in [2.05, 4.69) is 35.6 Å². The Kier molecular flexibility index (Phi) is 2.04. The number of fused-ring (bicyclic) bond motifs is 1. The van der Waals surface area contributed by atoms with Crippen molar-refractivity contribution in [3.8, 4) is 0 Å². The minimum atomic E-state index is 0.0471. The number of hydrogen-bond donors (Lipinski definition) is 1. The average molecular weight is 216 g/mol. The molecule has 1 saturated heterocycles. The summed E-state index contributed by atoms with van der Waals surface area (Å²) in [5.74, 6) is 0. The van der Waals surface area contributed by atoms with Crippen molar-refractivity contribution >= 4 is 11.0 Å². The molecule has 0 saturated carbocycles. The van der Waals surface area contributed by atoms with Gasteiger partial charge in [-0.15, -0.1) is 0 Å². The molecule has 2 aromatic rings. The number of rotatable bonds is 1. The van der Waals surface area contributed by atoms with E-state index in [4.69, 9.17) is 4.52 Å². The third kappa shape index (κ3) is 1.28. The smallest absolute Gasteiger partial charge is 0.172 e. The van der Waals surface area contributed by atoms with E-state index < -0.39 is 0 Å². The van der Waals surface area contributed by atoms with Gasteiger partial charge in [-0.2, -0.15) is 0 Å². The minimum Gasteiger partial charge on any atom is -0.356 e. The van der Waals surface area contributed by atoms with Gasteiger partial charge in [-0.25, -0.2) is 0 Å². The summed E-state index contributed by atoms with van der Waals surface area (Å²) in [5.41, 5.74) is 3.20. The Bertz CT molecular complexity index is 524. The minimum absolute atomic E-state index is 0.0471. The number of nitrogens with zero attached hydrogens (tertiary/aromatic N) is 1. The molecule has 0 amide bonds. The van der Waals surface area contributed by atoms with Crippen LogP contribution in [-0.4, -0.2) is 11.7 Å². The Labute approximate surface area is 94.8 Å². The zero-order valence-electron chi connectivity index (χ0n) is 9.71. The zero-order valence-corrected chi connectivity index (χ0v) is 9.71. The van der Waals surface area contributed by atoms with Gasteiger partial charge in [0.1, 0.15) is 0 Å². The van der Waals surface area contributed by atoms with Crippen molar-refractivity contribution in [1.82, 2.24) is 10.5 Å². The van der Waals surface area contributed by atoms with Crippen LogP contribution < -0.4 is 5.32 Å². The highest BCUT2D eigenvalue weighted by Crippen LogP contribution is 2.35. The van der Waals surface area contributed by atoms with Crippen molar-refractivity contribution in [1.29, 1.82) is 0 Å². The second kappa shape index (κ2) is 3.32. The summed E-state index contributed by atoms with van der Waals surface area (Å²) in [7, 11) is 0. The van der Waals surface area contributed by atoms with Gasteiger partial charge < -0.3 is 9.84 Å². The predicted molar refractivity (Wildman–Crippen MR) is 63.3 cm³/mol. The third-order valence-corrected chi connectivity index (χ3v) is 3.64. The van der Waals surface area contributed by atoms with Gasteiger partial charge in [-0.3, -0.25) is 0 Å². The molecule has 0 bridgehead atoms. The van der Waals surface area contributed by atoms with E-state index in [9.17, 15) is 0 Å². The summed E-state index contributed by atoms with van der Waals surface area (Å²) in [6.45, 7) is 5.31. The molecule has 84 valence electrons. The number of benzene rings is 1. The normalized spacial score (nSPS) is 25.4. The van der Waals surface area contributed by atoms with Gasteiger partial charge in [0.2, 0.25) is 0 Å². The quantitative estimate of drug-likeness (QED) is 0.796. The largest absolute Gasteiger partial charge is 0.356 e. The lowest BCUT2D eigenvalue weighted by atomic mass is 9.89. The van der Waals surface area contributed by atoms with E-state index in [1.54, 1.807) is 0 Å². The van der Waals surface area contributed by atoms with Crippen LogP contribution in [-0.2, 0) is 5.54 Å². The molecule has 2 heterocycles. The average Bonchev–Trinajstić information content (AvgIpc) is 2.87. The first-order chi connectivity index (χ1) is 7.71. The van der Waals surface area contributed by atoms with Gasteiger partial charge in [0.05, 0.1) is 5.69 Å². The van der Waals surface area contributed by atoms with E-state index in [1.807, 2.05) is 6.92 Å². The molecular formula is C13H16N2O. The highest BCUT2D eigenvalue weighted by atomic mass is 16.5. The van der Waals surface area contributed by atoms with Crippen molar-refractivity contribution in [2.75, 3.05) is 6.54 Å². The van der Waals surface area contributed by atoms with Gasteiger partial charge in [0.15, 0.2) is 5.58 Å². The molecule has 1 aromatic heterocycles. The van der Waals surface area contributed by atoms with E-state index in [1.165, 1.54) is 12.0 Å². The molecule has 0 radical (unpaired) electrons. The van der Waals surface area contributed by atoms with Gasteiger partial charge in [0.25, 0.3) is 0 Å². The Hall–Kier alpha value is -1.35. The molecule has 1 aliphatic rings. The van der Waals surface area contributed by atoms with Crippen LogP contribution in [0.25, 0.3) is 11.0 Å². The molecule has 1 fully saturated rings. The highest BCUT2D eigenvalue weighted by molar-refractivity contribution is 5.83. The molecular weight excluding hydrogens is 200 g/mol. The maximum absolute atomic E-state index is 5.47. The number of para-hydroxylation sites is 1. The second-order valence-electron chi connectivity index (χ2n) is 4.81. The van der Waals surface area contributed by atoms with Crippen LogP contribution in [0.4, 0.5) is 0 Å². The molecule has 1 aliphatic heterocycles. The lowest BCUT2D eigenvalue weighted by Gasteiger charge is -2.24. The summed E-state index contributed by atoms with van der Waals surface area (Å²) in [6, 6.07) is 6.31. The van der Waals surface area contributed by atoms with Crippen molar-refractivity contribution in [2.45, 2.75) is 32.2 Å². The van der Waals surface area contributed by atoms with Gasteiger partial charge in [-0.1, -0.05) is 17.3 Å². The summed E-state index contributed by atoms with van der Waals surface area (Å²) >= 11 is 0. The van der Waals surface area contributed by atoms with E-state index in [0.717, 1.165) is 29.6 Å². The van der Waals surface area contributed by atoms with Crippen LogP contribution in [0.5, 0.6) is 0 Å². The standard InChI is InChI=1S/C13H16N2O/c1-9-10-5-3-6-11(12(10)16-15-9)13(2)7-4-8-14-13/h3,5-6,14H,4,7-8H2,1-2H3. The lowest BCUT2D eigenvalue weighted by Crippen LogP contribution is -2.33. The summed E-state index contributed by atoms with van der Waals surface area (Å²) < 4.78 is 5.47. The predicted octanol–water partition coefficient (Wildman–Crippen LogP) is 2.73. The number of hydrogen-bond acceptors (Lipinski definition) is 3. The highest BCUT2D eigenvalue weighted by Gasteiger charge is 2.32. The van der Waals surface area contributed by atoms with Gasteiger partial charge >= 0.3 is 0 Å². The van der Waals surface area contributed by atoms with E-state index >= 15 is 0 Å². The van der Waals surface area contributed by atoms with Crippen LogP contribution in [0.1, 0.15) is 31.0 Å². The van der Waals surface area contributed by atoms with Crippen molar-refractivity contribution in [2.24, 2.45) is 0 Å². The monoisotopic (exact) mass is 216 g/mol. The van der Waals surface area contributed by atoms with Gasteiger partial charge in [0, 0.05) is 16.5 Å². The first kappa shape index (κ1) is 9.85. The topological polar surface area (TPSA) is 38.1 Å². The first-order valence-electron chi connectivity index (χ1n) is 5.81. The fourth-order valence-electron chi connectivity index (χ4n) is 2.64. The second-order valence-corrected chi connectivity index (χ2v) is 4.81. The van der Waals surface area contributed by atoms with Crippen LogP contribution in [0.15, 0.2) is 22.7 Å². The third-order valence-electron chi connectivity index (χ3n) is 3.64. The Morgan fingerprint density at radius 2 is 2.31 bits per heavy atom. The van der Waals surface area contributed by atoms with Crippen molar-refractivity contribution in [3.63, 3.8) is 0 Å². The Morgan fingerprint density at radius 1 is 1.44 bits per heavy atom. The van der Waals surface area contributed by atoms with E-state index in [-0.39, 0.29) is 5.54 Å². The maximum Gasteiger partial charge on any atom is 0.172 e. The Morgan fingerprint density at radius 3 is 3.06 bits per heavy atom. The maximum atomic E-state index is 5.47. The molecule has 16 heavy (non-hydrogen) atoms. The van der Waals surface area contributed by atoms with E-state index in [0.29, 0.717) is 0 Å². The first-order valence-corrected chi connectivity index (χ1v) is 5.81. The molecule has 3 nitrogen and oxygen atoms in total. The molecule has 3 heteroatoms. The van der Waals surface area contributed by atoms with Gasteiger partial charge in [-0.05, 0) is 39.3 Å². The number of aryl methyl sites for hydroxylation is 1. The SMILES string of the molecule is Cc1noc2c(C3(C)CCCN3)cccc12. The molecule has 0 aliphatic carbocycles. The molecule has 1 atom stereocenters. The van der Waals surface area contributed by atoms with Crippen molar-refractivity contribution in [3.05, 3.63) is 29.5 Å². The van der Waals surface area contributed by atoms with Crippen LogP contribution >= 0.6 is 0 Å². The molecule has 3 rings (SSSR count). The van der Waals surface area contributed by atoms with Crippen LogP contribution in [0.3, 0.4) is 0 Å². The lowest BCUT2D eigenvalue weighted by molar-refractivity contribution is 0.409. The fourth-order valence-corrected chi connectivity index (χ4v) is 2.64. The summed E-state index contributed by atoms with van der Waals surface area (Å²) in [6.07, 6.45) is 2.38. The molecule has 1 N–H and O–H groups in total.